The van der Waals surface area contributed by atoms with E-state index in [2.05, 4.69) is 51.8 Å². The Morgan fingerprint density at radius 2 is 1.81 bits per heavy atom. The zero-order chi connectivity index (χ0) is 22.5. The first kappa shape index (κ1) is 21.9. The maximum atomic E-state index is 12.9. The number of aryl methyl sites for hydroxylation is 2. The molecule has 0 aliphatic carbocycles. The van der Waals surface area contributed by atoms with Crippen molar-refractivity contribution >= 4 is 22.4 Å². The summed E-state index contributed by atoms with van der Waals surface area (Å²) in [5.74, 6) is -0.358. The number of nitrogens with zero attached hydrogens (tertiary/aromatic N) is 4. The molecule has 164 valence electrons. The molecule has 2 aromatic heterocycles. The summed E-state index contributed by atoms with van der Waals surface area (Å²) in [4.78, 5) is 18.4. The molecule has 8 heteroatoms. The Kier molecular flexibility index (Phi) is 6.72. The summed E-state index contributed by atoms with van der Waals surface area (Å²) >= 11 is 1.46. The van der Waals surface area contributed by atoms with Gasteiger partial charge >= 0.3 is 0 Å². The minimum atomic E-state index is -0.358. The fraction of sp³-hybridized carbons (Fsp3) is 0.250. The number of aromatic nitrogens is 4. The number of nitrogens with one attached hydrogen (secondary N) is 1. The summed E-state index contributed by atoms with van der Waals surface area (Å²) in [5, 5.41) is 11.7. The van der Waals surface area contributed by atoms with Crippen molar-refractivity contribution in [3.05, 3.63) is 87.7 Å². The van der Waals surface area contributed by atoms with E-state index < -0.39 is 0 Å². The largest absolute Gasteiger partial charge is 0.378 e. The average molecular weight is 448 g/mol. The van der Waals surface area contributed by atoms with Gasteiger partial charge < -0.3 is 4.74 Å². The predicted molar refractivity (Wildman–Crippen MR) is 126 cm³/mol. The Balaban J connectivity index is 1.49. The van der Waals surface area contributed by atoms with Gasteiger partial charge in [0, 0.05) is 24.6 Å². The van der Waals surface area contributed by atoms with Gasteiger partial charge in [0.25, 0.3) is 5.91 Å². The zero-order valence-corrected chi connectivity index (χ0v) is 19.1. The van der Waals surface area contributed by atoms with Crippen molar-refractivity contribution in [3.63, 3.8) is 0 Å². The van der Waals surface area contributed by atoms with Gasteiger partial charge in [0.15, 0.2) is 10.8 Å². The van der Waals surface area contributed by atoms with E-state index >= 15 is 0 Å². The van der Waals surface area contributed by atoms with Crippen molar-refractivity contribution in [2.75, 3.05) is 12.4 Å². The van der Waals surface area contributed by atoms with Gasteiger partial charge in [-0.05, 0) is 36.6 Å². The van der Waals surface area contributed by atoms with E-state index in [-0.39, 0.29) is 18.2 Å². The molecule has 0 saturated heterocycles. The van der Waals surface area contributed by atoms with Crippen LogP contribution >= 0.6 is 11.3 Å². The summed E-state index contributed by atoms with van der Waals surface area (Å²) in [6, 6.07) is 16.4. The van der Waals surface area contributed by atoms with Crippen LogP contribution in [0.15, 0.2) is 54.7 Å². The Morgan fingerprint density at radius 3 is 2.50 bits per heavy atom. The predicted octanol–water partition coefficient (Wildman–Crippen LogP) is 4.58. The number of hydrogen-bond donors (Lipinski definition) is 1. The summed E-state index contributed by atoms with van der Waals surface area (Å²) in [7, 11) is 1.58. The summed E-state index contributed by atoms with van der Waals surface area (Å²) in [6.07, 6.45) is 3.60. The van der Waals surface area contributed by atoms with Gasteiger partial charge in [0.05, 0.1) is 12.3 Å². The highest BCUT2D eigenvalue weighted by Crippen LogP contribution is 2.23. The minimum Gasteiger partial charge on any atom is -0.378 e. The third-order valence-corrected chi connectivity index (χ3v) is 6.03. The van der Waals surface area contributed by atoms with Crippen molar-refractivity contribution < 1.29 is 9.53 Å². The van der Waals surface area contributed by atoms with E-state index in [0.717, 1.165) is 29.0 Å². The van der Waals surface area contributed by atoms with Gasteiger partial charge in [-0.25, -0.2) is 9.67 Å². The lowest BCUT2D eigenvalue weighted by atomic mass is 10.1. The van der Waals surface area contributed by atoms with Crippen molar-refractivity contribution in [1.82, 2.24) is 20.0 Å². The van der Waals surface area contributed by atoms with Crippen molar-refractivity contribution in [1.29, 1.82) is 0 Å². The highest BCUT2D eigenvalue weighted by atomic mass is 32.1. The number of carbonyl (C=O) groups is 1. The Labute approximate surface area is 191 Å². The van der Waals surface area contributed by atoms with Gasteiger partial charge in [0.1, 0.15) is 5.69 Å². The minimum absolute atomic E-state index is 0.209. The van der Waals surface area contributed by atoms with Crippen molar-refractivity contribution in [2.45, 2.75) is 33.3 Å². The Morgan fingerprint density at radius 1 is 1.09 bits per heavy atom. The van der Waals surface area contributed by atoms with E-state index in [1.807, 2.05) is 31.2 Å². The second-order valence-corrected chi connectivity index (χ2v) is 8.61. The molecule has 0 fully saturated rings. The molecular weight excluding hydrogens is 422 g/mol. The Hall–Kier alpha value is -3.36. The third kappa shape index (κ3) is 4.92. The quantitative estimate of drug-likeness (QED) is 0.427. The molecule has 0 spiro atoms. The number of carbonyl (C=O) groups excluding carboxylic acids is 1. The second kappa shape index (κ2) is 9.84. The number of benzene rings is 2. The highest BCUT2D eigenvalue weighted by Gasteiger charge is 2.21. The molecule has 2 heterocycles. The summed E-state index contributed by atoms with van der Waals surface area (Å²) in [6.45, 7) is 4.37. The maximum absolute atomic E-state index is 12.9. The van der Waals surface area contributed by atoms with Crippen LogP contribution in [0.3, 0.4) is 0 Å². The van der Waals surface area contributed by atoms with E-state index in [0.29, 0.717) is 10.8 Å². The van der Waals surface area contributed by atoms with E-state index in [9.17, 15) is 4.79 Å². The number of hydrogen-bond acceptors (Lipinski definition) is 6. The van der Waals surface area contributed by atoms with Crippen LogP contribution in [-0.4, -0.2) is 33.0 Å². The van der Waals surface area contributed by atoms with E-state index in [4.69, 9.17) is 4.74 Å². The van der Waals surface area contributed by atoms with E-state index in [1.165, 1.54) is 22.5 Å². The van der Waals surface area contributed by atoms with Gasteiger partial charge in [-0.1, -0.05) is 54.1 Å². The molecule has 4 aromatic rings. The first-order valence-electron chi connectivity index (χ1n) is 10.4. The molecule has 2 aromatic carbocycles. The van der Waals surface area contributed by atoms with Crippen LogP contribution in [-0.2, 0) is 24.2 Å². The second-order valence-electron chi connectivity index (χ2n) is 7.50. The number of ether oxygens (including phenoxy) is 1. The first-order chi connectivity index (χ1) is 15.6. The standard InChI is InChI=1S/C24H25N5O2S/c1-4-17-7-9-18(10-8-17)13-20-14-25-24(32-20)26-23(30)22-21(15-31-3)29(28-27-22)19-11-5-16(2)6-12-19/h5-12,14H,4,13,15H2,1-3H3,(H,25,26,30). The van der Waals surface area contributed by atoms with Crippen molar-refractivity contribution in [3.8, 4) is 5.69 Å². The molecule has 7 nitrogen and oxygen atoms in total. The maximum Gasteiger partial charge on any atom is 0.280 e. The van der Waals surface area contributed by atoms with Crippen molar-refractivity contribution in [2.24, 2.45) is 0 Å². The van der Waals surface area contributed by atoms with Crippen LogP contribution in [0.25, 0.3) is 5.69 Å². The van der Waals surface area contributed by atoms with Crippen LogP contribution < -0.4 is 5.32 Å². The summed E-state index contributed by atoms with van der Waals surface area (Å²) < 4.78 is 6.94. The first-order valence-corrected chi connectivity index (χ1v) is 11.2. The lowest BCUT2D eigenvalue weighted by Crippen LogP contribution is -2.15. The SMILES string of the molecule is CCc1ccc(Cc2cnc(NC(=O)c3nnn(-c4ccc(C)cc4)c3COC)s2)cc1. The molecule has 1 amide bonds. The summed E-state index contributed by atoms with van der Waals surface area (Å²) in [5.41, 5.74) is 5.30. The topological polar surface area (TPSA) is 81.9 Å². The fourth-order valence-electron chi connectivity index (χ4n) is 3.33. The number of rotatable bonds is 8. The molecule has 0 atom stereocenters. The van der Waals surface area contributed by atoms with E-state index in [1.54, 1.807) is 18.0 Å². The molecular formula is C24H25N5O2S. The van der Waals surface area contributed by atoms with Crippen LogP contribution in [0, 0.1) is 6.92 Å². The molecule has 4 rings (SSSR count). The van der Waals surface area contributed by atoms with Crippen LogP contribution in [0.2, 0.25) is 0 Å². The highest BCUT2D eigenvalue weighted by molar-refractivity contribution is 7.15. The number of methoxy groups -OCH3 is 1. The monoisotopic (exact) mass is 447 g/mol. The van der Waals surface area contributed by atoms with Gasteiger partial charge in [-0.15, -0.1) is 16.4 Å². The lowest BCUT2D eigenvalue weighted by Gasteiger charge is -2.07. The smallest absolute Gasteiger partial charge is 0.280 e. The Bertz CT molecular complexity index is 1200. The van der Waals surface area contributed by atoms with Gasteiger partial charge in [-0.2, -0.15) is 0 Å². The lowest BCUT2D eigenvalue weighted by molar-refractivity contribution is 0.101. The molecule has 0 unspecified atom stereocenters. The molecule has 32 heavy (non-hydrogen) atoms. The number of thiazole rings is 1. The van der Waals surface area contributed by atoms with Gasteiger partial charge in [0.2, 0.25) is 0 Å². The zero-order valence-electron chi connectivity index (χ0n) is 18.3. The normalized spacial score (nSPS) is 11.0. The van der Waals surface area contributed by atoms with Crippen LogP contribution in [0.5, 0.6) is 0 Å². The van der Waals surface area contributed by atoms with Crippen LogP contribution in [0.1, 0.15) is 44.7 Å². The molecule has 0 saturated carbocycles. The average Bonchev–Trinajstić information content (AvgIpc) is 3.42. The molecule has 0 radical (unpaired) electrons. The number of amides is 1. The molecule has 0 aliphatic rings. The molecule has 0 bridgehead atoms. The number of anilines is 1. The fourth-order valence-corrected chi connectivity index (χ4v) is 4.18. The van der Waals surface area contributed by atoms with Crippen LogP contribution in [0.4, 0.5) is 5.13 Å². The molecule has 0 aliphatic heterocycles. The third-order valence-electron chi connectivity index (χ3n) is 5.12. The van der Waals surface area contributed by atoms with Gasteiger partial charge in [-0.3, -0.25) is 10.1 Å². The molecule has 1 N–H and O–H groups in total.